The molecule has 0 spiro atoms. The zero-order valence-electron chi connectivity index (χ0n) is 16.7. The lowest BCUT2D eigenvalue weighted by Crippen LogP contribution is -2.09. The second-order valence-electron chi connectivity index (χ2n) is 8.73. The van der Waals surface area contributed by atoms with Crippen LogP contribution in [0.1, 0.15) is 51.4 Å². The smallest absolute Gasteiger partial charge is 0.319 e. The van der Waals surface area contributed by atoms with Crippen molar-refractivity contribution < 1.29 is 32.6 Å². The second kappa shape index (κ2) is 10.9. The fourth-order valence-electron chi connectivity index (χ4n) is 4.06. The van der Waals surface area contributed by atoms with Gasteiger partial charge in [-0.3, -0.25) is 4.57 Å². The van der Waals surface area contributed by atoms with Crippen molar-refractivity contribution in [3.63, 3.8) is 0 Å². The van der Waals surface area contributed by atoms with Crippen molar-refractivity contribution in [3.8, 4) is 0 Å². The van der Waals surface area contributed by atoms with Crippen LogP contribution in [0.5, 0.6) is 0 Å². The lowest BCUT2D eigenvalue weighted by Gasteiger charge is -2.15. The number of hydrogen-bond acceptors (Lipinski definition) is 7. The molecule has 7 nitrogen and oxygen atoms in total. The lowest BCUT2D eigenvalue weighted by atomic mass is 9.93. The van der Waals surface area contributed by atoms with Crippen molar-refractivity contribution in [2.75, 3.05) is 39.6 Å². The van der Waals surface area contributed by atoms with Gasteiger partial charge in [0.2, 0.25) is 0 Å². The maximum absolute atomic E-state index is 11.9. The Balaban J connectivity index is 1.01. The van der Waals surface area contributed by atoms with E-state index in [1.165, 1.54) is 0 Å². The number of ether oxygens (including phenoxy) is 4. The Morgan fingerprint density at radius 1 is 0.679 bits per heavy atom. The van der Waals surface area contributed by atoms with Gasteiger partial charge in [0.1, 0.15) is 0 Å². The predicted octanol–water partition coefficient (Wildman–Crippen LogP) is 3.36. The molecule has 4 rings (SSSR count). The Kier molecular flexibility index (Phi) is 8.23. The van der Waals surface area contributed by atoms with E-state index in [1.807, 2.05) is 0 Å². The van der Waals surface area contributed by atoms with Crippen molar-refractivity contribution in [2.45, 2.75) is 75.8 Å². The highest BCUT2D eigenvalue weighted by atomic mass is 31.1. The molecule has 0 radical (unpaired) electrons. The van der Waals surface area contributed by atoms with Gasteiger partial charge >= 0.3 is 8.25 Å². The largest absolute Gasteiger partial charge is 0.373 e. The summed E-state index contributed by atoms with van der Waals surface area (Å²) in [7, 11) is -2.38. The molecule has 4 saturated heterocycles. The van der Waals surface area contributed by atoms with Crippen molar-refractivity contribution in [2.24, 2.45) is 11.8 Å². The molecule has 0 N–H and O–H groups in total. The van der Waals surface area contributed by atoms with Gasteiger partial charge in [0, 0.05) is 0 Å². The van der Waals surface area contributed by atoms with Crippen LogP contribution < -0.4 is 0 Å². The Labute approximate surface area is 168 Å². The summed E-state index contributed by atoms with van der Waals surface area (Å²) in [5, 5.41) is 0. The van der Waals surface area contributed by atoms with Gasteiger partial charge in [-0.05, 0) is 63.2 Å². The van der Waals surface area contributed by atoms with Crippen LogP contribution in [-0.4, -0.2) is 64.1 Å². The summed E-state index contributed by atoms with van der Waals surface area (Å²) >= 11 is 0. The quantitative estimate of drug-likeness (QED) is 0.192. The molecule has 28 heavy (non-hydrogen) atoms. The molecule has 4 atom stereocenters. The van der Waals surface area contributed by atoms with Crippen LogP contribution in [0.3, 0.4) is 0 Å². The van der Waals surface area contributed by atoms with Gasteiger partial charge < -0.3 is 28.0 Å². The van der Waals surface area contributed by atoms with Gasteiger partial charge in [-0.25, -0.2) is 0 Å². The van der Waals surface area contributed by atoms with E-state index >= 15 is 0 Å². The van der Waals surface area contributed by atoms with E-state index in [1.54, 1.807) is 0 Å². The fraction of sp³-hybridized carbons (Fsp3) is 1.00. The minimum Gasteiger partial charge on any atom is -0.373 e. The highest BCUT2D eigenvalue weighted by Gasteiger charge is 2.32. The molecule has 0 aromatic rings. The normalized spacial score (nSPS) is 33.3. The third-order valence-corrected chi connectivity index (χ3v) is 6.83. The Morgan fingerprint density at radius 2 is 1.00 bits per heavy atom. The van der Waals surface area contributed by atoms with E-state index in [9.17, 15) is 4.57 Å². The second-order valence-corrected chi connectivity index (χ2v) is 9.80. The van der Waals surface area contributed by atoms with E-state index in [2.05, 4.69) is 0 Å². The molecule has 4 aliphatic rings. The van der Waals surface area contributed by atoms with E-state index in [4.69, 9.17) is 28.0 Å². The molecule has 0 saturated carbocycles. The minimum absolute atomic E-state index is 0.453. The Hall–Kier alpha value is -0.0100. The third-order valence-electron chi connectivity index (χ3n) is 5.95. The number of hydrogen-bond donors (Lipinski definition) is 0. The summed E-state index contributed by atoms with van der Waals surface area (Å²) in [6.45, 7) is 4.63. The minimum atomic E-state index is -2.38. The summed E-state index contributed by atoms with van der Waals surface area (Å²) < 4.78 is 44.2. The van der Waals surface area contributed by atoms with E-state index in [-0.39, 0.29) is 0 Å². The average Bonchev–Trinajstić information content (AvgIpc) is 3.52. The summed E-state index contributed by atoms with van der Waals surface area (Å²) in [6.07, 6.45) is 10.2. The zero-order chi connectivity index (χ0) is 19.2. The third kappa shape index (κ3) is 9.21. The molecule has 8 heteroatoms. The van der Waals surface area contributed by atoms with Gasteiger partial charge in [0.15, 0.2) is 0 Å². The first-order valence-corrected chi connectivity index (χ1v) is 12.2. The van der Waals surface area contributed by atoms with Crippen LogP contribution in [0.25, 0.3) is 0 Å². The summed E-state index contributed by atoms with van der Waals surface area (Å²) in [6, 6.07) is 0. The molecule has 0 aromatic carbocycles. The molecule has 162 valence electrons. The van der Waals surface area contributed by atoms with Crippen molar-refractivity contribution in [1.82, 2.24) is 0 Å². The Morgan fingerprint density at radius 3 is 1.29 bits per heavy atom. The molecule has 4 aliphatic heterocycles. The number of rotatable bonds is 18. The highest BCUT2D eigenvalue weighted by molar-refractivity contribution is 7.33. The van der Waals surface area contributed by atoms with Crippen LogP contribution in [0.2, 0.25) is 0 Å². The van der Waals surface area contributed by atoms with Gasteiger partial charge in [-0.2, -0.15) is 0 Å². The van der Waals surface area contributed by atoms with Crippen LogP contribution >= 0.6 is 8.25 Å². The Bertz CT molecular complexity index is 419. The lowest BCUT2D eigenvalue weighted by molar-refractivity contribution is 0.204. The predicted molar refractivity (Wildman–Crippen MR) is 104 cm³/mol. The van der Waals surface area contributed by atoms with Crippen LogP contribution in [0, 0.1) is 11.8 Å². The standard InChI is InChI=1S/C20H35O7P/c21-28(26-5-1-3-15(7-17-11-22-17)8-18-12-23-18)27-6-2-4-16(9-19-13-24-19)10-20-14-25-20/h15-20,28H,1-14H2. The maximum Gasteiger partial charge on any atom is 0.319 e. The molecule has 0 bridgehead atoms. The van der Waals surface area contributed by atoms with Gasteiger partial charge in [0.05, 0.1) is 64.1 Å². The molecule has 0 aromatic heterocycles. The van der Waals surface area contributed by atoms with E-state index in [0.29, 0.717) is 49.5 Å². The van der Waals surface area contributed by atoms with Crippen LogP contribution in [0.4, 0.5) is 0 Å². The van der Waals surface area contributed by atoms with Crippen LogP contribution in [0.15, 0.2) is 0 Å². The molecule has 0 aliphatic carbocycles. The SMILES string of the molecule is O=[PH](OCCCC(CC1CO1)CC1CO1)OCCCC(CC1CO1)CC1CO1. The first-order chi connectivity index (χ1) is 13.7. The molecular formula is C20H35O7P. The van der Waals surface area contributed by atoms with Crippen molar-refractivity contribution >= 4 is 8.25 Å². The summed E-state index contributed by atoms with van der Waals surface area (Å²) in [5.41, 5.74) is 0. The zero-order valence-corrected chi connectivity index (χ0v) is 17.7. The number of epoxide rings is 4. The average molecular weight is 418 g/mol. The first kappa shape index (κ1) is 21.2. The first-order valence-electron chi connectivity index (χ1n) is 11.0. The van der Waals surface area contributed by atoms with Gasteiger partial charge in [-0.15, -0.1) is 0 Å². The maximum atomic E-state index is 11.9. The van der Waals surface area contributed by atoms with E-state index in [0.717, 1.165) is 77.8 Å². The fourth-order valence-corrected chi connectivity index (χ4v) is 4.77. The van der Waals surface area contributed by atoms with E-state index < -0.39 is 8.25 Å². The van der Waals surface area contributed by atoms with Gasteiger partial charge in [-0.1, -0.05) is 0 Å². The molecule has 4 unspecified atom stereocenters. The monoisotopic (exact) mass is 418 g/mol. The summed E-state index contributed by atoms with van der Waals surface area (Å²) in [4.78, 5) is 0. The topological polar surface area (TPSA) is 85.7 Å². The molecule has 4 fully saturated rings. The summed E-state index contributed by atoms with van der Waals surface area (Å²) in [5.74, 6) is 1.24. The van der Waals surface area contributed by atoms with Gasteiger partial charge in [0.25, 0.3) is 0 Å². The molecular weight excluding hydrogens is 383 g/mol. The molecule has 4 heterocycles. The molecule has 0 amide bonds. The van der Waals surface area contributed by atoms with Crippen LogP contribution in [-0.2, 0) is 32.6 Å². The van der Waals surface area contributed by atoms with Crippen molar-refractivity contribution in [1.29, 1.82) is 0 Å². The van der Waals surface area contributed by atoms with Crippen molar-refractivity contribution in [3.05, 3.63) is 0 Å². The highest BCUT2D eigenvalue weighted by Crippen LogP contribution is 2.33.